The molecule has 0 saturated carbocycles. The number of hydrogen-bond acceptors (Lipinski definition) is 4. The van der Waals surface area contributed by atoms with Gasteiger partial charge in [-0.3, -0.25) is 20.4 Å². The van der Waals surface area contributed by atoms with Crippen molar-refractivity contribution in [1.82, 2.24) is 10.9 Å². The highest BCUT2D eigenvalue weighted by Gasteiger charge is 2.17. The second-order valence-electron chi connectivity index (χ2n) is 6.13. The predicted molar refractivity (Wildman–Crippen MR) is 99.2 cm³/mol. The monoisotopic (exact) mass is 356 g/mol. The summed E-state index contributed by atoms with van der Waals surface area (Å²) in [6, 6.07) is 14.3. The Balaban J connectivity index is 1.89. The summed E-state index contributed by atoms with van der Waals surface area (Å²) in [6.07, 6.45) is -0.766. The maximum Gasteiger partial charge on any atom is 0.279 e. The molecule has 1 atom stereocenters. The van der Waals surface area contributed by atoms with Crippen molar-refractivity contribution < 1.29 is 19.1 Å². The fourth-order valence-electron chi connectivity index (χ4n) is 2.31. The van der Waals surface area contributed by atoms with E-state index in [0.29, 0.717) is 23.0 Å². The van der Waals surface area contributed by atoms with E-state index in [1.54, 1.807) is 31.2 Å². The van der Waals surface area contributed by atoms with E-state index in [0.717, 1.165) is 0 Å². The fraction of sp³-hybridized carbons (Fsp3) is 0.300. The molecule has 2 aromatic rings. The number of hydrogen-bond donors (Lipinski definition) is 2. The third-order valence-corrected chi connectivity index (χ3v) is 3.88. The largest absolute Gasteiger partial charge is 0.496 e. The van der Waals surface area contributed by atoms with Crippen LogP contribution in [0.3, 0.4) is 0 Å². The molecule has 2 rings (SSSR count). The zero-order valence-corrected chi connectivity index (χ0v) is 15.4. The van der Waals surface area contributed by atoms with Gasteiger partial charge in [-0.15, -0.1) is 0 Å². The minimum Gasteiger partial charge on any atom is -0.496 e. The molecule has 0 bridgehead atoms. The second kappa shape index (κ2) is 8.89. The van der Waals surface area contributed by atoms with E-state index in [-0.39, 0.29) is 0 Å². The number of para-hydroxylation sites is 1. The minimum atomic E-state index is -0.766. The van der Waals surface area contributed by atoms with E-state index in [2.05, 4.69) is 24.7 Å². The Kier molecular flexibility index (Phi) is 6.60. The van der Waals surface area contributed by atoms with Crippen molar-refractivity contribution in [3.8, 4) is 11.5 Å². The number of rotatable bonds is 6. The molecule has 6 nitrogen and oxygen atoms in total. The maximum absolute atomic E-state index is 12.2. The van der Waals surface area contributed by atoms with Crippen LogP contribution in [0.15, 0.2) is 48.5 Å². The number of carbonyl (C=O) groups is 2. The van der Waals surface area contributed by atoms with Gasteiger partial charge in [-0.2, -0.15) is 0 Å². The Morgan fingerprint density at radius 2 is 1.58 bits per heavy atom. The molecular weight excluding hydrogens is 332 g/mol. The molecule has 0 saturated heterocycles. The molecule has 0 aliphatic rings. The Hall–Kier alpha value is -3.02. The zero-order valence-electron chi connectivity index (χ0n) is 15.4. The molecule has 0 aliphatic carbocycles. The first kappa shape index (κ1) is 19.3. The molecule has 0 aromatic heterocycles. The zero-order chi connectivity index (χ0) is 19.1. The maximum atomic E-state index is 12.2. The van der Waals surface area contributed by atoms with Crippen molar-refractivity contribution >= 4 is 11.8 Å². The Bertz CT molecular complexity index is 757. The van der Waals surface area contributed by atoms with E-state index in [1.807, 2.05) is 24.3 Å². The van der Waals surface area contributed by atoms with Gasteiger partial charge in [0.25, 0.3) is 11.8 Å². The molecule has 6 heteroatoms. The fourth-order valence-corrected chi connectivity index (χ4v) is 2.31. The number of hydrazine groups is 1. The summed E-state index contributed by atoms with van der Waals surface area (Å²) in [7, 11) is 1.48. The van der Waals surface area contributed by atoms with Gasteiger partial charge in [0, 0.05) is 0 Å². The molecule has 0 fully saturated rings. The standard InChI is InChI=1S/C20H24N2O4/c1-13(2)15-9-11-16(12-10-15)26-14(3)19(23)21-22-20(24)17-7-5-6-8-18(17)25-4/h5-14H,1-4H3,(H,21,23)(H,22,24). The van der Waals surface area contributed by atoms with E-state index < -0.39 is 17.9 Å². The molecular formula is C20H24N2O4. The van der Waals surface area contributed by atoms with Crippen molar-refractivity contribution in [2.75, 3.05) is 7.11 Å². The molecule has 138 valence electrons. The summed E-state index contributed by atoms with van der Waals surface area (Å²) >= 11 is 0. The van der Waals surface area contributed by atoms with Gasteiger partial charge in [0.2, 0.25) is 0 Å². The van der Waals surface area contributed by atoms with Crippen molar-refractivity contribution in [1.29, 1.82) is 0 Å². The van der Waals surface area contributed by atoms with Crippen molar-refractivity contribution in [3.05, 3.63) is 59.7 Å². The number of benzene rings is 2. The predicted octanol–water partition coefficient (Wildman–Crippen LogP) is 3.05. The smallest absolute Gasteiger partial charge is 0.279 e. The van der Waals surface area contributed by atoms with Gasteiger partial charge in [0.15, 0.2) is 6.10 Å². The SMILES string of the molecule is COc1ccccc1C(=O)NNC(=O)C(C)Oc1ccc(C(C)C)cc1. The summed E-state index contributed by atoms with van der Waals surface area (Å²) in [4.78, 5) is 24.3. The first-order valence-electron chi connectivity index (χ1n) is 8.42. The van der Waals surface area contributed by atoms with Crippen LogP contribution >= 0.6 is 0 Å². The van der Waals surface area contributed by atoms with Crippen molar-refractivity contribution in [2.24, 2.45) is 0 Å². The molecule has 1 unspecified atom stereocenters. The Morgan fingerprint density at radius 1 is 0.923 bits per heavy atom. The second-order valence-corrected chi connectivity index (χ2v) is 6.13. The number of ether oxygens (including phenoxy) is 2. The first-order valence-corrected chi connectivity index (χ1v) is 8.42. The average Bonchev–Trinajstić information content (AvgIpc) is 2.66. The summed E-state index contributed by atoms with van der Waals surface area (Å²) in [5, 5.41) is 0. The lowest BCUT2D eigenvalue weighted by atomic mass is 10.0. The summed E-state index contributed by atoms with van der Waals surface area (Å²) < 4.78 is 10.7. The van der Waals surface area contributed by atoms with Crippen LogP contribution in [-0.4, -0.2) is 25.0 Å². The van der Waals surface area contributed by atoms with E-state index in [9.17, 15) is 9.59 Å². The molecule has 26 heavy (non-hydrogen) atoms. The number of amides is 2. The third kappa shape index (κ3) is 4.99. The molecule has 0 spiro atoms. The van der Waals surface area contributed by atoms with Crippen LogP contribution in [0.4, 0.5) is 0 Å². The lowest BCUT2D eigenvalue weighted by molar-refractivity contribution is -0.128. The van der Waals surface area contributed by atoms with Crippen LogP contribution in [0.25, 0.3) is 0 Å². The van der Waals surface area contributed by atoms with Crippen molar-refractivity contribution in [3.63, 3.8) is 0 Å². The van der Waals surface area contributed by atoms with Crippen LogP contribution in [0.5, 0.6) is 11.5 Å². The van der Waals surface area contributed by atoms with E-state index >= 15 is 0 Å². The van der Waals surface area contributed by atoms with Crippen LogP contribution in [-0.2, 0) is 4.79 Å². The van der Waals surface area contributed by atoms with Gasteiger partial charge in [-0.05, 0) is 42.7 Å². The number of nitrogens with one attached hydrogen (secondary N) is 2. The lowest BCUT2D eigenvalue weighted by Gasteiger charge is -2.16. The van der Waals surface area contributed by atoms with Gasteiger partial charge >= 0.3 is 0 Å². The van der Waals surface area contributed by atoms with Gasteiger partial charge < -0.3 is 9.47 Å². The van der Waals surface area contributed by atoms with E-state index in [1.165, 1.54) is 12.7 Å². The summed E-state index contributed by atoms with van der Waals surface area (Å²) in [6.45, 7) is 5.83. The van der Waals surface area contributed by atoms with Crippen LogP contribution < -0.4 is 20.3 Å². The number of methoxy groups -OCH3 is 1. The summed E-state index contributed by atoms with van der Waals surface area (Å²) in [5.41, 5.74) is 6.25. The highest BCUT2D eigenvalue weighted by Crippen LogP contribution is 2.19. The first-order chi connectivity index (χ1) is 12.4. The topological polar surface area (TPSA) is 76.7 Å². The highest BCUT2D eigenvalue weighted by molar-refractivity contribution is 5.98. The van der Waals surface area contributed by atoms with Gasteiger partial charge in [0.1, 0.15) is 11.5 Å². The summed E-state index contributed by atoms with van der Waals surface area (Å²) in [5.74, 6) is 0.516. The number of carbonyl (C=O) groups excluding carboxylic acids is 2. The third-order valence-electron chi connectivity index (χ3n) is 3.88. The normalized spacial score (nSPS) is 11.6. The van der Waals surface area contributed by atoms with Crippen LogP contribution in [0.1, 0.15) is 42.6 Å². The van der Waals surface area contributed by atoms with Gasteiger partial charge in [-0.1, -0.05) is 38.1 Å². The lowest BCUT2D eigenvalue weighted by Crippen LogP contribution is -2.47. The van der Waals surface area contributed by atoms with Crippen LogP contribution in [0, 0.1) is 0 Å². The highest BCUT2D eigenvalue weighted by atomic mass is 16.5. The molecule has 2 amide bonds. The molecule has 2 N–H and O–H groups in total. The van der Waals surface area contributed by atoms with Gasteiger partial charge in [-0.25, -0.2) is 0 Å². The van der Waals surface area contributed by atoms with Gasteiger partial charge in [0.05, 0.1) is 12.7 Å². The minimum absolute atomic E-state index is 0.327. The van der Waals surface area contributed by atoms with Crippen molar-refractivity contribution in [2.45, 2.75) is 32.8 Å². The quantitative estimate of drug-likeness (QED) is 0.780. The Labute approximate surface area is 153 Å². The molecule has 0 radical (unpaired) electrons. The van der Waals surface area contributed by atoms with E-state index in [4.69, 9.17) is 9.47 Å². The van der Waals surface area contributed by atoms with Crippen LogP contribution in [0.2, 0.25) is 0 Å². The molecule has 0 aliphatic heterocycles. The molecule has 0 heterocycles. The average molecular weight is 356 g/mol. The molecule has 2 aromatic carbocycles. The Morgan fingerprint density at radius 3 is 2.19 bits per heavy atom.